The number of ketones is 1. The second-order valence-electron chi connectivity index (χ2n) is 6.44. The van der Waals surface area contributed by atoms with Crippen molar-refractivity contribution >= 4 is 34.2 Å². The highest BCUT2D eigenvalue weighted by Gasteiger charge is 2.25. The summed E-state index contributed by atoms with van der Waals surface area (Å²) in [6.45, 7) is 3.83. The molecule has 0 saturated heterocycles. The second-order valence-corrected chi connectivity index (χ2v) is 7.82. The van der Waals surface area contributed by atoms with Crippen LogP contribution in [0.15, 0.2) is 52.9 Å². The van der Waals surface area contributed by atoms with Crippen LogP contribution in [-0.4, -0.2) is 16.6 Å². The van der Waals surface area contributed by atoms with Gasteiger partial charge in [0.15, 0.2) is 4.90 Å². The molecular formula is C22H21FO2S. The molecule has 0 bridgehead atoms. The minimum absolute atomic E-state index is 0.144. The summed E-state index contributed by atoms with van der Waals surface area (Å²) >= 11 is -1.01. The number of carbonyl (C=O) groups is 1. The molecule has 0 aromatic heterocycles. The molecule has 2 aromatic rings. The van der Waals surface area contributed by atoms with Crippen molar-refractivity contribution in [1.82, 2.24) is 0 Å². The Morgan fingerprint density at radius 3 is 2.46 bits per heavy atom. The Labute approximate surface area is 156 Å². The van der Waals surface area contributed by atoms with Crippen LogP contribution in [-0.2, 0) is 16.0 Å². The molecule has 4 heteroatoms. The predicted molar refractivity (Wildman–Crippen MR) is 106 cm³/mol. The van der Waals surface area contributed by atoms with Crippen molar-refractivity contribution in [3.63, 3.8) is 0 Å². The molecule has 2 aromatic carbocycles. The number of hydrogen-bond acceptors (Lipinski definition) is 2. The fourth-order valence-corrected chi connectivity index (χ4v) is 3.75. The first-order valence-electron chi connectivity index (χ1n) is 8.58. The lowest BCUT2D eigenvalue weighted by atomic mass is 9.99. The molecule has 0 radical (unpaired) electrons. The van der Waals surface area contributed by atoms with E-state index in [2.05, 4.69) is 0 Å². The highest BCUT2D eigenvalue weighted by atomic mass is 32.2. The van der Waals surface area contributed by atoms with Gasteiger partial charge in [-0.3, -0.25) is 4.79 Å². The van der Waals surface area contributed by atoms with Crippen LogP contribution in [0, 0.1) is 5.82 Å². The van der Waals surface area contributed by atoms with Crippen molar-refractivity contribution in [3.05, 3.63) is 70.5 Å². The molecule has 1 unspecified atom stereocenters. The molecule has 1 atom stereocenters. The maximum atomic E-state index is 13.8. The van der Waals surface area contributed by atoms with Gasteiger partial charge in [0.1, 0.15) is 17.9 Å². The first-order valence-corrected chi connectivity index (χ1v) is 10.1. The third-order valence-electron chi connectivity index (χ3n) is 4.74. The normalized spacial score (nSPS) is 16.1. The van der Waals surface area contributed by atoms with Gasteiger partial charge in [0.05, 0.1) is 0 Å². The van der Waals surface area contributed by atoms with E-state index in [1.54, 1.807) is 12.3 Å². The second kappa shape index (κ2) is 7.60. The monoisotopic (exact) mass is 368 g/mol. The fraction of sp³-hybridized carbons (Fsp3) is 0.227. The molecule has 0 amide bonds. The van der Waals surface area contributed by atoms with Crippen LogP contribution in [0.2, 0.25) is 0 Å². The van der Waals surface area contributed by atoms with Crippen LogP contribution >= 0.6 is 0 Å². The van der Waals surface area contributed by atoms with E-state index in [1.807, 2.05) is 44.2 Å². The Morgan fingerprint density at radius 1 is 1.15 bits per heavy atom. The summed E-state index contributed by atoms with van der Waals surface area (Å²) in [4.78, 5) is 12.8. The van der Waals surface area contributed by atoms with Gasteiger partial charge in [-0.05, 0) is 94.0 Å². The van der Waals surface area contributed by atoms with E-state index in [-0.39, 0.29) is 11.6 Å². The first kappa shape index (κ1) is 18.6. The molecule has 1 aliphatic carbocycles. The quantitative estimate of drug-likeness (QED) is 0.675. The van der Waals surface area contributed by atoms with Gasteiger partial charge in [0.2, 0.25) is 0 Å². The Hall–Kier alpha value is -2.17. The summed E-state index contributed by atoms with van der Waals surface area (Å²) in [7, 11) is 0. The number of benzene rings is 2. The van der Waals surface area contributed by atoms with Crippen molar-refractivity contribution in [3.8, 4) is 0 Å². The molecule has 2 nitrogen and oxygen atoms in total. The van der Waals surface area contributed by atoms with Gasteiger partial charge >= 0.3 is 0 Å². The minimum atomic E-state index is -1.01. The molecule has 0 N–H and O–H groups in total. The van der Waals surface area contributed by atoms with Crippen molar-refractivity contribution in [2.75, 3.05) is 6.26 Å². The summed E-state index contributed by atoms with van der Waals surface area (Å²) in [6, 6.07) is 12.3. The Balaban J connectivity index is 2.07. The van der Waals surface area contributed by atoms with Crippen LogP contribution in [0.3, 0.4) is 0 Å². The smallest absolute Gasteiger partial charge is 0.152 e. The van der Waals surface area contributed by atoms with E-state index < -0.39 is 11.2 Å². The number of hydrogen-bond donors (Lipinski definition) is 0. The lowest BCUT2D eigenvalue weighted by Crippen LogP contribution is -1.97. The molecule has 1 aliphatic rings. The van der Waals surface area contributed by atoms with Crippen LogP contribution in [0.4, 0.5) is 4.39 Å². The maximum absolute atomic E-state index is 13.8. The average molecular weight is 368 g/mol. The number of halogens is 1. The number of allylic oxidation sites excluding steroid dienone is 3. The van der Waals surface area contributed by atoms with Gasteiger partial charge < -0.3 is 4.55 Å². The summed E-state index contributed by atoms with van der Waals surface area (Å²) in [5.41, 5.74) is 5.66. The summed E-state index contributed by atoms with van der Waals surface area (Å²) < 4.78 is 25.3. The third kappa shape index (κ3) is 3.67. The highest BCUT2D eigenvalue weighted by Crippen LogP contribution is 2.44. The van der Waals surface area contributed by atoms with Gasteiger partial charge in [-0.1, -0.05) is 13.0 Å². The van der Waals surface area contributed by atoms with Gasteiger partial charge in [-0.2, -0.15) is 0 Å². The van der Waals surface area contributed by atoms with E-state index in [0.29, 0.717) is 12.8 Å². The molecule has 134 valence electrons. The summed E-state index contributed by atoms with van der Waals surface area (Å²) in [5.74, 6) is -0.153. The zero-order chi connectivity index (χ0) is 18.8. The van der Waals surface area contributed by atoms with E-state index in [1.165, 1.54) is 12.1 Å². The maximum Gasteiger partial charge on any atom is 0.152 e. The van der Waals surface area contributed by atoms with Crippen LogP contribution in [0.5, 0.6) is 0 Å². The standard InChI is InChI=1S/C22H21FO2S/c1-4-17(24)13-21-14(2)20(19-10-7-16(23)12-22(19)21)11-15-5-8-18(9-6-15)26(3)25/h5-12H,4,13H2,1-3H3/b20-11-. The SMILES string of the molecule is CCC(=O)CC1=C(C)/C(=C/c2ccc([S+](C)[O-])cc2)c2ccc(F)cc21. The lowest BCUT2D eigenvalue weighted by Gasteiger charge is -2.06. The van der Waals surface area contributed by atoms with Crippen molar-refractivity contribution in [2.24, 2.45) is 0 Å². The van der Waals surface area contributed by atoms with Gasteiger partial charge in [0.25, 0.3) is 0 Å². The Bertz CT molecular complexity index is 908. The van der Waals surface area contributed by atoms with E-state index in [4.69, 9.17) is 0 Å². The zero-order valence-electron chi connectivity index (χ0n) is 15.1. The first-order chi connectivity index (χ1) is 12.4. The number of rotatable bonds is 5. The predicted octanol–water partition coefficient (Wildman–Crippen LogP) is 5.26. The molecule has 26 heavy (non-hydrogen) atoms. The fourth-order valence-electron chi connectivity index (χ4n) is 3.23. The molecule has 0 aliphatic heterocycles. The molecular weight excluding hydrogens is 347 g/mol. The largest absolute Gasteiger partial charge is 0.612 e. The lowest BCUT2D eigenvalue weighted by molar-refractivity contribution is -0.117. The van der Waals surface area contributed by atoms with E-state index in [9.17, 15) is 13.7 Å². The Morgan fingerprint density at radius 2 is 1.85 bits per heavy atom. The van der Waals surface area contributed by atoms with Gasteiger partial charge in [0, 0.05) is 12.8 Å². The van der Waals surface area contributed by atoms with Crippen molar-refractivity contribution in [1.29, 1.82) is 0 Å². The topological polar surface area (TPSA) is 40.1 Å². The minimum Gasteiger partial charge on any atom is -0.612 e. The molecule has 0 saturated carbocycles. The molecule has 0 heterocycles. The average Bonchev–Trinajstić information content (AvgIpc) is 2.87. The summed E-state index contributed by atoms with van der Waals surface area (Å²) in [5, 5.41) is 0. The van der Waals surface area contributed by atoms with Gasteiger partial charge in [-0.25, -0.2) is 4.39 Å². The molecule has 3 rings (SSSR count). The Kier molecular flexibility index (Phi) is 5.44. The molecule has 0 fully saturated rings. The third-order valence-corrected chi connectivity index (χ3v) is 5.68. The van der Waals surface area contributed by atoms with Gasteiger partial charge in [-0.15, -0.1) is 0 Å². The van der Waals surface area contributed by atoms with Crippen molar-refractivity contribution < 1.29 is 13.7 Å². The van der Waals surface area contributed by atoms with E-state index >= 15 is 0 Å². The van der Waals surface area contributed by atoms with E-state index in [0.717, 1.165) is 38.3 Å². The van der Waals surface area contributed by atoms with Crippen LogP contribution < -0.4 is 0 Å². The summed E-state index contributed by atoms with van der Waals surface area (Å²) in [6.07, 6.45) is 4.48. The van der Waals surface area contributed by atoms with Crippen molar-refractivity contribution in [2.45, 2.75) is 31.6 Å². The highest BCUT2D eigenvalue weighted by molar-refractivity contribution is 7.90. The number of fused-ring (bicyclic) bond motifs is 1. The van der Waals surface area contributed by atoms with Crippen LogP contribution in [0.1, 0.15) is 43.4 Å². The zero-order valence-corrected chi connectivity index (χ0v) is 16.0. The number of carbonyl (C=O) groups excluding carboxylic acids is 1. The van der Waals surface area contributed by atoms with Crippen LogP contribution in [0.25, 0.3) is 17.2 Å². The number of Topliss-reactive ketones (excluding diaryl/α,β-unsaturated/α-hetero) is 1. The molecule has 0 spiro atoms.